The topological polar surface area (TPSA) is 45.0 Å². The van der Waals surface area contributed by atoms with Gasteiger partial charge in [-0.15, -0.1) is 0 Å². The minimum Gasteiger partial charge on any atom is -0.507 e. The second-order valence-corrected chi connectivity index (χ2v) is 4.35. The van der Waals surface area contributed by atoms with Crippen LogP contribution in [0, 0.1) is 0 Å². The fraction of sp³-hybridized carbons (Fsp3) is 0.0588. The Morgan fingerprint density at radius 2 is 1.65 bits per heavy atom. The highest BCUT2D eigenvalue weighted by molar-refractivity contribution is 5.86. The predicted molar refractivity (Wildman–Crippen MR) is 84.3 cm³/mol. The number of para-hydroxylation sites is 1. The van der Waals surface area contributed by atoms with Crippen LogP contribution in [-0.2, 0) is 0 Å². The van der Waals surface area contributed by atoms with E-state index >= 15 is 0 Å². The third-order valence-corrected chi connectivity index (χ3v) is 2.66. The van der Waals surface area contributed by atoms with Gasteiger partial charge in [0.2, 0.25) is 0 Å². The van der Waals surface area contributed by atoms with Crippen LogP contribution in [0.3, 0.4) is 0 Å². The molecule has 0 aliphatic rings. The number of benzene rings is 2. The second-order valence-electron chi connectivity index (χ2n) is 4.35. The zero-order valence-corrected chi connectivity index (χ0v) is 11.3. The third-order valence-electron chi connectivity index (χ3n) is 2.66. The van der Waals surface area contributed by atoms with Gasteiger partial charge >= 0.3 is 0 Å². The van der Waals surface area contributed by atoms with Crippen molar-refractivity contribution >= 4 is 18.5 Å². The third kappa shape index (κ3) is 4.21. The molecule has 0 radical (unpaired) electrons. The zero-order chi connectivity index (χ0) is 14.2. The van der Waals surface area contributed by atoms with E-state index in [4.69, 9.17) is 0 Å². The molecule has 0 aliphatic heterocycles. The number of rotatable bonds is 4. The SMILES string of the molecule is CC(/C=N/N=C\c1ccccc1O)=C\c1ccccc1. The summed E-state index contributed by atoms with van der Waals surface area (Å²) in [5.41, 5.74) is 2.78. The Bertz CT molecular complexity index is 643. The standard InChI is InChI=1S/C17H16N2O/c1-14(11-15-7-3-2-4-8-15)12-18-19-13-16-9-5-6-10-17(16)20/h2-13,20H,1H3/b14-11+,18-12+,19-13-. The highest BCUT2D eigenvalue weighted by atomic mass is 16.3. The first-order chi connectivity index (χ1) is 9.75. The summed E-state index contributed by atoms with van der Waals surface area (Å²) >= 11 is 0. The van der Waals surface area contributed by atoms with Crippen molar-refractivity contribution in [3.8, 4) is 5.75 Å². The lowest BCUT2D eigenvalue weighted by Gasteiger charge is -1.95. The monoisotopic (exact) mass is 264 g/mol. The Morgan fingerprint density at radius 1 is 0.950 bits per heavy atom. The van der Waals surface area contributed by atoms with Crippen molar-refractivity contribution in [1.29, 1.82) is 0 Å². The summed E-state index contributed by atoms with van der Waals surface area (Å²) in [4.78, 5) is 0. The summed E-state index contributed by atoms with van der Waals surface area (Å²) in [5, 5.41) is 17.5. The minimum absolute atomic E-state index is 0.197. The number of nitrogens with zero attached hydrogens (tertiary/aromatic N) is 2. The Kier molecular flexibility index (Phi) is 4.84. The molecule has 0 saturated heterocycles. The number of allylic oxidation sites excluding steroid dienone is 1. The summed E-state index contributed by atoms with van der Waals surface area (Å²) < 4.78 is 0. The van der Waals surface area contributed by atoms with Crippen molar-refractivity contribution in [2.45, 2.75) is 6.92 Å². The lowest BCUT2D eigenvalue weighted by molar-refractivity contribution is 0.474. The van der Waals surface area contributed by atoms with Crippen molar-refractivity contribution in [2.75, 3.05) is 0 Å². The van der Waals surface area contributed by atoms with Crippen LogP contribution < -0.4 is 0 Å². The molecule has 2 aromatic rings. The van der Waals surface area contributed by atoms with Crippen LogP contribution in [0.5, 0.6) is 5.75 Å². The molecule has 0 aromatic heterocycles. The molecule has 0 unspecified atom stereocenters. The molecule has 0 amide bonds. The molecular formula is C17H16N2O. The van der Waals surface area contributed by atoms with Crippen LogP contribution in [0.15, 0.2) is 70.4 Å². The molecule has 20 heavy (non-hydrogen) atoms. The number of hydrogen-bond acceptors (Lipinski definition) is 3. The van der Waals surface area contributed by atoms with Crippen LogP contribution in [0.25, 0.3) is 6.08 Å². The lowest BCUT2D eigenvalue weighted by atomic mass is 10.1. The van der Waals surface area contributed by atoms with Gasteiger partial charge in [-0.1, -0.05) is 48.5 Å². The molecule has 1 N–H and O–H groups in total. The number of aromatic hydroxyl groups is 1. The normalized spacial score (nSPS) is 12.3. The molecule has 0 aliphatic carbocycles. The Balaban J connectivity index is 2.00. The van der Waals surface area contributed by atoms with E-state index in [0.717, 1.165) is 11.1 Å². The van der Waals surface area contributed by atoms with E-state index in [2.05, 4.69) is 10.2 Å². The first-order valence-electron chi connectivity index (χ1n) is 6.33. The smallest absolute Gasteiger partial charge is 0.124 e. The van der Waals surface area contributed by atoms with Gasteiger partial charge in [0.15, 0.2) is 0 Å². The van der Waals surface area contributed by atoms with Crippen molar-refractivity contribution in [2.24, 2.45) is 10.2 Å². The summed E-state index contributed by atoms with van der Waals surface area (Å²) in [7, 11) is 0. The quantitative estimate of drug-likeness (QED) is 0.660. The van der Waals surface area contributed by atoms with E-state index in [1.807, 2.05) is 49.4 Å². The molecule has 0 atom stereocenters. The second kappa shape index (κ2) is 7.04. The molecule has 0 heterocycles. The highest BCUT2D eigenvalue weighted by Crippen LogP contribution is 2.12. The maximum Gasteiger partial charge on any atom is 0.124 e. The van der Waals surface area contributed by atoms with Gasteiger partial charge in [-0.05, 0) is 30.2 Å². The molecule has 2 rings (SSSR count). The molecule has 100 valence electrons. The first-order valence-corrected chi connectivity index (χ1v) is 6.33. The van der Waals surface area contributed by atoms with E-state index in [-0.39, 0.29) is 5.75 Å². The van der Waals surface area contributed by atoms with Crippen LogP contribution in [0.2, 0.25) is 0 Å². The highest BCUT2D eigenvalue weighted by Gasteiger charge is 1.93. The fourth-order valence-corrected chi connectivity index (χ4v) is 1.67. The Labute approximate surface area is 118 Å². The molecule has 0 fully saturated rings. The molecule has 0 spiro atoms. The number of phenolic OH excluding ortho intramolecular Hbond substituents is 1. The van der Waals surface area contributed by atoms with Crippen LogP contribution in [0.1, 0.15) is 18.1 Å². The molecule has 3 nitrogen and oxygen atoms in total. The number of phenols is 1. The average Bonchev–Trinajstić information content (AvgIpc) is 2.46. The van der Waals surface area contributed by atoms with Gasteiger partial charge in [0.1, 0.15) is 5.75 Å². The van der Waals surface area contributed by atoms with Crippen molar-refractivity contribution in [3.05, 3.63) is 71.3 Å². The maximum atomic E-state index is 9.56. The van der Waals surface area contributed by atoms with Gasteiger partial charge in [-0.3, -0.25) is 0 Å². The zero-order valence-electron chi connectivity index (χ0n) is 11.3. The molecule has 3 heteroatoms. The van der Waals surface area contributed by atoms with Gasteiger partial charge in [-0.25, -0.2) is 0 Å². The van der Waals surface area contributed by atoms with E-state index < -0.39 is 0 Å². The van der Waals surface area contributed by atoms with Crippen molar-refractivity contribution < 1.29 is 5.11 Å². The van der Waals surface area contributed by atoms with Gasteiger partial charge < -0.3 is 5.11 Å². The minimum atomic E-state index is 0.197. The summed E-state index contributed by atoms with van der Waals surface area (Å²) in [6, 6.07) is 17.0. The molecule has 0 saturated carbocycles. The van der Waals surface area contributed by atoms with Crippen LogP contribution in [-0.4, -0.2) is 17.5 Å². The van der Waals surface area contributed by atoms with Crippen molar-refractivity contribution in [3.63, 3.8) is 0 Å². The Hall–Kier alpha value is -2.68. The largest absolute Gasteiger partial charge is 0.507 e. The summed E-state index contributed by atoms with van der Waals surface area (Å²) in [6.45, 7) is 1.96. The lowest BCUT2D eigenvalue weighted by Crippen LogP contribution is -1.81. The summed E-state index contributed by atoms with van der Waals surface area (Å²) in [5.74, 6) is 0.197. The van der Waals surface area contributed by atoms with Crippen LogP contribution >= 0.6 is 0 Å². The van der Waals surface area contributed by atoms with Gasteiger partial charge in [0, 0.05) is 5.56 Å². The van der Waals surface area contributed by atoms with E-state index in [0.29, 0.717) is 5.56 Å². The van der Waals surface area contributed by atoms with Gasteiger partial charge in [-0.2, -0.15) is 10.2 Å². The van der Waals surface area contributed by atoms with Crippen molar-refractivity contribution in [1.82, 2.24) is 0 Å². The molecular weight excluding hydrogens is 248 g/mol. The number of hydrogen-bond donors (Lipinski definition) is 1. The van der Waals surface area contributed by atoms with Crippen LogP contribution in [0.4, 0.5) is 0 Å². The van der Waals surface area contributed by atoms with E-state index in [1.165, 1.54) is 6.21 Å². The molecule has 0 bridgehead atoms. The average molecular weight is 264 g/mol. The van der Waals surface area contributed by atoms with E-state index in [1.54, 1.807) is 24.4 Å². The van der Waals surface area contributed by atoms with E-state index in [9.17, 15) is 5.11 Å². The summed E-state index contributed by atoms with van der Waals surface area (Å²) in [6.07, 6.45) is 5.24. The first kappa shape index (κ1) is 13.7. The van der Waals surface area contributed by atoms with Gasteiger partial charge in [0.25, 0.3) is 0 Å². The fourth-order valence-electron chi connectivity index (χ4n) is 1.67. The molecule has 2 aromatic carbocycles. The Morgan fingerprint density at radius 3 is 2.40 bits per heavy atom. The maximum absolute atomic E-state index is 9.56. The predicted octanol–water partition coefficient (Wildman–Crippen LogP) is 3.90. The van der Waals surface area contributed by atoms with Gasteiger partial charge in [0.05, 0.1) is 12.4 Å².